The maximum atomic E-state index is 6.33. The molecule has 3 heterocycles. The molecule has 200 valence electrons. The Hall–Kier alpha value is -5.38. The second-order valence-corrected chi connectivity index (χ2v) is 12.3. The first-order valence-corrected chi connectivity index (χ1v) is 15.3. The molecule has 0 saturated carbocycles. The number of hydrogen-bond acceptors (Lipinski definition) is 3. The molecule has 0 atom stereocenters. The normalized spacial score (nSPS) is 12.2. The molecule has 3 aromatic heterocycles. The molecular formula is C40H22O2S. The molecular weight excluding hydrogens is 545 g/mol. The summed E-state index contributed by atoms with van der Waals surface area (Å²) in [4.78, 5) is 0. The molecule has 10 aromatic rings. The Morgan fingerprint density at radius 1 is 0.419 bits per heavy atom. The summed E-state index contributed by atoms with van der Waals surface area (Å²) >= 11 is 1.86. The van der Waals surface area contributed by atoms with Gasteiger partial charge in [0.05, 0.1) is 6.26 Å². The van der Waals surface area contributed by atoms with Crippen molar-refractivity contribution in [1.29, 1.82) is 0 Å². The van der Waals surface area contributed by atoms with E-state index in [1.54, 1.807) is 6.26 Å². The molecule has 3 heteroatoms. The monoisotopic (exact) mass is 566 g/mol. The van der Waals surface area contributed by atoms with Crippen LogP contribution in [0.15, 0.2) is 142 Å². The van der Waals surface area contributed by atoms with Crippen LogP contribution in [0.25, 0.3) is 96.9 Å². The molecule has 0 fully saturated rings. The zero-order valence-corrected chi connectivity index (χ0v) is 23.7. The van der Waals surface area contributed by atoms with Gasteiger partial charge in [0.1, 0.15) is 5.58 Å². The van der Waals surface area contributed by atoms with Gasteiger partial charge in [0.2, 0.25) is 0 Å². The van der Waals surface area contributed by atoms with Gasteiger partial charge in [-0.3, -0.25) is 0 Å². The number of para-hydroxylation sites is 1. The third kappa shape index (κ3) is 3.17. The lowest BCUT2D eigenvalue weighted by Crippen LogP contribution is -1.91. The first kappa shape index (κ1) is 23.2. The first-order chi connectivity index (χ1) is 21.3. The fourth-order valence-corrected chi connectivity index (χ4v) is 8.20. The van der Waals surface area contributed by atoms with Crippen LogP contribution in [0.4, 0.5) is 0 Å². The molecule has 0 unspecified atom stereocenters. The second kappa shape index (κ2) is 8.57. The lowest BCUT2D eigenvalue weighted by Gasteiger charge is -2.18. The van der Waals surface area contributed by atoms with Gasteiger partial charge in [-0.15, -0.1) is 11.3 Å². The van der Waals surface area contributed by atoms with E-state index in [1.165, 1.54) is 58.4 Å². The van der Waals surface area contributed by atoms with Crippen molar-refractivity contribution in [2.24, 2.45) is 0 Å². The van der Waals surface area contributed by atoms with Crippen LogP contribution in [-0.2, 0) is 0 Å². The van der Waals surface area contributed by atoms with Crippen LogP contribution >= 0.6 is 11.3 Å². The number of rotatable bonds is 2. The predicted octanol–water partition coefficient (Wildman–Crippen LogP) is 12.3. The van der Waals surface area contributed by atoms with Gasteiger partial charge in [-0.05, 0) is 80.2 Å². The van der Waals surface area contributed by atoms with Gasteiger partial charge < -0.3 is 8.83 Å². The van der Waals surface area contributed by atoms with E-state index in [9.17, 15) is 0 Å². The quantitative estimate of drug-likeness (QED) is 0.195. The molecule has 0 spiro atoms. The minimum atomic E-state index is 0.788. The lowest BCUT2D eigenvalue weighted by molar-refractivity contribution is 0.600. The molecule has 0 aliphatic rings. The molecule has 0 saturated heterocycles. The van der Waals surface area contributed by atoms with Crippen LogP contribution in [0, 0.1) is 0 Å². The maximum absolute atomic E-state index is 6.33. The van der Waals surface area contributed by atoms with E-state index < -0.39 is 0 Å². The van der Waals surface area contributed by atoms with Crippen molar-refractivity contribution in [2.75, 3.05) is 0 Å². The molecule has 2 nitrogen and oxygen atoms in total. The van der Waals surface area contributed by atoms with E-state index in [0.717, 1.165) is 38.5 Å². The van der Waals surface area contributed by atoms with Crippen molar-refractivity contribution in [3.8, 4) is 22.3 Å². The Bertz CT molecular complexity index is 2680. The lowest BCUT2D eigenvalue weighted by atomic mass is 9.84. The summed E-state index contributed by atoms with van der Waals surface area (Å²) in [7, 11) is 0. The highest BCUT2D eigenvalue weighted by atomic mass is 32.1. The summed E-state index contributed by atoms with van der Waals surface area (Å²) in [6, 6.07) is 46.0. The summed E-state index contributed by atoms with van der Waals surface area (Å²) in [5.41, 5.74) is 7.33. The molecule has 0 amide bonds. The first-order valence-electron chi connectivity index (χ1n) is 14.5. The van der Waals surface area contributed by atoms with Gasteiger partial charge in [-0.25, -0.2) is 0 Å². The minimum absolute atomic E-state index is 0.788. The Kier molecular flexibility index (Phi) is 4.63. The average molecular weight is 567 g/mol. The van der Waals surface area contributed by atoms with Gasteiger partial charge in [-0.1, -0.05) is 91.0 Å². The van der Waals surface area contributed by atoms with Crippen LogP contribution in [-0.4, -0.2) is 0 Å². The second-order valence-electron chi connectivity index (χ2n) is 11.2. The predicted molar refractivity (Wildman–Crippen MR) is 182 cm³/mol. The third-order valence-corrected chi connectivity index (χ3v) is 10.1. The van der Waals surface area contributed by atoms with Crippen LogP contribution < -0.4 is 0 Å². The highest BCUT2D eigenvalue weighted by molar-refractivity contribution is 7.25. The van der Waals surface area contributed by atoms with Gasteiger partial charge in [0.25, 0.3) is 0 Å². The molecule has 0 aliphatic carbocycles. The van der Waals surface area contributed by atoms with E-state index in [2.05, 4.69) is 115 Å². The van der Waals surface area contributed by atoms with E-state index in [1.807, 2.05) is 23.5 Å². The highest BCUT2D eigenvalue weighted by Crippen LogP contribution is 2.48. The smallest absolute Gasteiger partial charge is 0.178 e. The summed E-state index contributed by atoms with van der Waals surface area (Å²) in [5.74, 6) is 0. The SMILES string of the molecule is c1ccc2c(c1)oc1c2cc(-c2c3ccccc3c(-c3ccc4sc5ccccc5c4c3)c3ccccc23)c2ccoc21. The number of thiophene rings is 1. The molecule has 0 bridgehead atoms. The van der Waals surface area contributed by atoms with Crippen molar-refractivity contribution in [3.63, 3.8) is 0 Å². The molecule has 43 heavy (non-hydrogen) atoms. The van der Waals surface area contributed by atoms with Crippen molar-refractivity contribution in [2.45, 2.75) is 0 Å². The minimum Gasteiger partial charge on any atom is -0.460 e. The van der Waals surface area contributed by atoms with Crippen molar-refractivity contribution < 1.29 is 8.83 Å². The zero-order valence-electron chi connectivity index (χ0n) is 22.9. The van der Waals surface area contributed by atoms with Gasteiger partial charge in [0.15, 0.2) is 11.2 Å². The van der Waals surface area contributed by atoms with Crippen LogP contribution in [0.3, 0.4) is 0 Å². The van der Waals surface area contributed by atoms with Gasteiger partial charge in [-0.2, -0.15) is 0 Å². The Labute approximate surface area is 250 Å². The zero-order chi connectivity index (χ0) is 28.1. The van der Waals surface area contributed by atoms with Gasteiger partial charge >= 0.3 is 0 Å². The Morgan fingerprint density at radius 3 is 1.81 bits per heavy atom. The number of fused-ring (bicyclic) bond motifs is 10. The average Bonchev–Trinajstić information content (AvgIpc) is 3.78. The number of hydrogen-bond donors (Lipinski definition) is 0. The van der Waals surface area contributed by atoms with Crippen LogP contribution in [0.5, 0.6) is 0 Å². The molecule has 0 aliphatic heterocycles. The van der Waals surface area contributed by atoms with Crippen molar-refractivity contribution in [3.05, 3.63) is 134 Å². The van der Waals surface area contributed by atoms with E-state index in [4.69, 9.17) is 8.83 Å². The Morgan fingerprint density at radius 2 is 1.05 bits per heavy atom. The summed E-state index contributed by atoms with van der Waals surface area (Å²) in [6.07, 6.45) is 1.78. The fraction of sp³-hybridized carbons (Fsp3) is 0. The molecule has 0 N–H and O–H groups in total. The largest absolute Gasteiger partial charge is 0.460 e. The summed E-state index contributed by atoms with van der Waals surface area (Å²) in [5, 5.41) is 10.8. The molecule has 10 rings (SSSR count). The molecule has 7 aromatic carbocycles. The van der Waals surface area contributed by atoms with Crippen molar-refractivity contribution >= 4 is 86.0 Å². The molecule has 0 radical (unpaired) electrons. The van der Waals surface area contributed by atoms with Crippen LogP contribution in [0.1, 0.15) is 0 Å². The topological polar surface area (TPSA) is 26.3 Å². The standard InChI is InChI=1S/C40H22O2S/c1-3-13-28-26(11-1)37(23-17-18-36-31(21-23)25-10-6-8-16-35(25)43-36)27-12-2-4-14-29(27)38(28)32-22-33-24-9-5-7-15-34(24)42-40(33)39-30(32)19-20-41-39/h1-22H. The van der Waals surface area contributed by atoms with E-state index >= 15 is 0 Å². The highest BCUT2D eigenvalue weighted by Gasteiger charge is 2.22. The van der Waals surface area contributed by atoms with E-state index in [0.29, 0.717) is 0 Å². The Balaban J connectivity index is 1.35. The summed E-state index contributed by atoms with van der Waals surface area (Å²) in [6.45, 7) is 0. The summed E-state index contributed by atoms with van der Waals surface area (Å²) < 4.78 is 15.1. The van der Waals surface area contributed by atoms with Crippen molar-refractivity contribution in [1.82, 2.24) is 0 Å². The van der Waals surface area contributed by atoms with Gasteiger partial charge in [0, 0.05) is 36.3 Å². The van der Waals surface area contributed by atoms with E-state index in [-0.39, 0.29) is 0 Å². The fourth-order valence-electron chi connectivity index (χ4n) is 7.11. The number of benzene rings is 7. The third-order valence-electron chi connectivity index (χ3n) is 8.95. The van der Waals surface area contributed by atoms with Crippen LogP contribution in [0.2, 0.25) is 0 Å². The number of furan rings is 2. The maximum Gasteiger partial charge on any atom is 0.178 e.